The molecule has 10 heteroatoms. The molecule has 0 saturated carbocycles. The molecule has 0 heterocycles. The number of phosphoric ester groups is 1. The van der Waals surface area contributed by atoms with E-state index in [1.807, 2.05) is 0 Å². The summed E-state index contributed by atoms with van der Waals surface area (Å²) >= 11 is 0. The van der Waals surface area contributed by atoms with Crippen LogP contribution in [0.25, 0.3) is 0 Å². The van der Waals surface area contributed by atoms with E-state index in [0.717, 1.165) is 44.9 Å². The fraction of sp³-hybridized carbons (Fsp3) is 0.841. The maximum absolute atomic E-state index is 12.7. The summed E-state index contributed by atoms with van der Waals surface area (Å²) in [5.74, 6) is -0.816. The van der Waals surface area contributed by atoms with Crippen molar-refractivity contribution in [1.29, 1.82) is 0 Å². The van der Waals surface area contributed by atoms with E-state index in [2.05, 4.69) is 62.5 Å². The molecule has 0 bridgehead atoms. The van der Waals surface area contributed by atoms with Crippen LogP contribution in [-0.4, -0.2) is 49.3 Å². The Balaban J connectivity index is 3.92. The minimum absolute atomic E-state index is 0.0538. The standard InChI is InChI=1S/C63H118NO8P/c1-3-5-7-9-11-13-15-17-19-21-23-25-27-29-30-32-34-36-38-40-42-44-46-48-50-52-54-56-63(66)72-61(60-71-73(67,68)70-58-57-64)59-69-62(65)55-53-51-49-47-45-43-41-39-37-35-33-31-28-26-24-22-20-18-16-14-12-10-8-6-4-2/h15-18,21-24,61H,3-14,19-20,25-60,64H2,1-2H3,(H,67,68)/b17-15-,18-16-,23-21-,24-22-. The summed E-state index contributed by atoms with van der Waals surface area (Å²) in [6.07, 6.45) is 73.2. The smallest absolute Gasteiger partial charge is 0.462 e. The minimum atomic E-state index is -4.39. The van der Waals surface area contributed by atoms with Gasteiger partial charge in [-0.3, -0.25) is 18.6 Å². The van der Waals surface area contributed by atoms with E-state index >= 15 is 0 Å². The second-order valence-electron chi connectivity index (χ2n) is 20.9. The van der Waals surface area contributed by atoms with Crippen molar-refractivity contribution in [2.45, 2.75) is 315 Å². The van der Waals surface area contributed by atoms with Gasteiger partial charge in [-0.15, -0.1) is 0 Å². The van der Waals surface area contributed by atoms with Gasteiger partial charge in [0.05, 0.1) is 13.2 Å². The van der Waals surface area contributed by atoms with Crippen molar-refractivity contribution in [1.82, 2.24) is 0 Å². The average molecular weight is 1050 g/mol. The number of ether oxygens (including phenoxy) is 2. The summed E-state index contributed by atoms with van der Waals surface area (Å²) in [5, 5.41) is 0. The topological polar surface area (TPSA) is 134 Å². The van der Waals surface area contributed by atoms with E-state index in [9.17, 15) is 19.0 Å². The molecule has 0 aromatic carbocycles. The lowest BCUT2D eigenvalue weighted by atomic mass is 10.0. The first kappa shape index (κ1) is 71.0. The van der Waals surface area contributed by atoms with Crippen molar-refractivity contribution >= 4 is 19.8 Å². The molecule has 0 saturated heterocycles. The second-order valence-corrected chi connectivity index (χ2v) is 22.4. The molecular weight excluding hydrogens is 930 g/mol. The predicted molar refractivity (Wildman–Crippen MR) is 312 cm³/mol. The summed E-state index contributed by atoms with van der Waals surface area (Å²) in [6.45, 7) is 3.77. The number of unbranched alkanes of at least 4 members (excludes halogenated alkanes) is 38. The third kappa shape index (κ3) is 59.1. The summed E-state index contributed by atoms with van der Waals surface area (Å²) in [7, 11) is -4.39. The number of hydrogen-bond donors (Lipinski definition) is 2. The largest absolute Gasteiger partial charge is 0.472 e. The first-order chi connectivity index (χ1) is 35.8. The lowest BCUT2D eigenvalue weighted by Gasteiger charge is -2.19. The summed E-state index contributed by atoms with van der Waals surface area (Å²) in [4.78, 5) is 35.3. The number of rotatable bonds is 59. The molecule has 0 aliphatic rings. The molecule has 3 N–H and O–H groups in total. The van der Waals surface area contributed by atoms with Crippen LogP contribution in [0.5, 0.6) is 0 Å². The van der Waals surface area contributed by atoms with E-state index in [1.54, 1.807) is 0 Å². The van der Waals surface area contributed by atoms with Gasteiger partial charge in [-0.05, 0) is 77.0 Å². The van der Waals surface area contributed by atoms with Gasteiger partial charge >= 0.3 is 19.8 Å². The number of allylic oxidation sites excluding steroid dienone is 8. The first-order valence-corrected chi connectivity index (χ1v) is 32.6. The number of phosphoric acid groups is 1. The zero-order valence-electron chi connectivity index (χ0n) is 47.9. The van der Waals surface area contributed by atoms with Gasteiger partial charge in [0.1, 0.15) is 6.61 Å². The van der Waals surface area contributed by atoms with Gasteiger partial charge in [-0.2, -0.15) is 0 Å². The molecule has 0 amide bonds. The van der Waals surface area contributed by atoms with Gasteiger partial charge in [0.25, 0.3) is 0 Å². The number of esters is 2. The molecule has 73 heavy (non-hydrogen) atoms. The third-order valence-corrected chi connectivity index (χ3v) is 14.7. The van der Waals surface area contributed by atoms with Crippen LogP contribution in [0.2, 0.25) is 0 Å². The Bertz CT molecular complexity index is 1330. The maximum Gasteiger partial charge on any atom is 0.472 e. The van der Waals surface area contributed by atoms with Crippen molar-refractivity contribution in [2.75, 3.05) is 26.4 Å². The Kier molecular flexibility index (Phi) is 57.6. The molecule has 0 aromatic rings. The van der Waals surface area contributed by atoms with E-state index in [1.165, 1.54) is 231 Å². The van der Waals surface area contributed by atoms with Gasteiger partial charge in [-0.25, -0.2) is 4.57 Å². The summed E-state index contributed by atoms with van der Waals surface area (Å²) in [6, 6.07) is 0. The van der Waals surface area contributed by atoms with Crippen molar-refractivity contribution < 1.29 is 37.6 Å². The molecular formula is C63H118NO8P. The molecule has 9 nitrogen and oxygen atoms in total. The maximum atomic E-state index is 12.7. The first-order valence-electron chi connectivity index (χ1n) is 31.1. The zero-order valence-corrected chi connectivity index (χ0v) is 48.8. The van der Waals surface area contributed by atoms with Crippen LogP contribution in [0.4, 0.5) is 0 Å². The fourth-order valence-electron chi connectivity index (χ4n) is 9.05. The number of nitrogens with two attached hydrogens (primary N) is 1. The van der Waals surface area contributed by atoms with Crippen LogP contribution in [0.1, 0.15) is 309 Å². The van der Waals surface area contributed by atoms with Crippen LogP contribution >= 0.6 is 7.82 Å². The van der Waals surface area contributed by atoms with E-state index in [-0.39, 0.29) is 38.6 Å². The van der Waals surface area contributed by atoms with Gasteiger partial charge in [-0.1, -0.05) is 268 Å². The Hall–Kier alpha value is -2.03. The van der Waals surface area contributed by atoms with Crippen LogP contribution < -0.4 is 5.73 Å². The number of carbonyl (C=O) groups excluding carboxylic acids is 2. The quantitative estimate of drug-likeness (QED) is 0.0264. The second kappa shape index (κ2) is 59.2. The van der Waals surface area contributed by atoms with Crippen LogP contribution in [0.15, 0.2) is 48.6 Å². The van der Waals surface area contributed by atoms with Crippen LogP contribution in [0.3, 0.4) is 0 Å². The molecule has 0 aliphatic heterocycles. The van der Waals surface area contributed by atoms with Crippen molar-refractivity contribution in [3.05, 3.63) is 48.6 Å². The third-order valence-electron chi connectivity index (χ3n) is 13.7. The fourth-order valence-corrected chi connectivity index (χ4v) is 9.82. The molecule has 428 valence electrons. The molecule has 2 atom stereocenters. The van der Waals surface area contributed by atoms with Gasteiger partial charge in [0, 0.05) is 19.4 Å². The van der Waals surface area contributed by atoms with Gasteiger partial charge in [0.15, 0.2) is 6.10 Å². The zero-order chi connectivity index (χ0) is 53.1. The van der Waals surface area contributed by atoms with Crippen molar-refractivity contribution in [3.63, 3.8) is 0 Å². The predicted octanol–water partition coefficient (Wildman–Crippen LogP) is 19.7. The Morgan fingerprint density at radius 1 is 0.411 bits per heavy atom. The summed E-state index contributed by atoms with van der Waals surface area (Å²) < 4.78 is 33.1. The Morgan fingerprint density at radius 3 is 1.04 bits per heavy atom. The minimum Gasteiger partial charge on any atom is -0.462 e. The highest BCUT2D eigenvalue weighted by atomic mass is 31.2. The van der Waals surface area contributed by atoms with Crippen LogP contribution in [-0.2, 0) is 32.7 Å². The van der Waals surface area contributed by atoms with E-state index in [4.69, 9.17) is 24.3 Å². The molecule has 2 unspecified atom stereocenters. The SMILES string of the molecule is CCCCCCC/C=C\C/C=C\CCCCCCCCCCCCCCCCCC(=O)OC(COC(=O)CCCCCCCCCCCCCCC/C=C\C/C=C\CCCCCCC)COP(=O)(O)OCCN. The average Bonchev–Trinajstić information content (AvgIpc) is 3.38. The lowest BCUT2D eigenvalue weighted by Crippen LogP contribution is -2.29. The van der Waals surface area contributed by atoms with E-state index < -0.39 is 26.5 Å². The number of carbonyl (C=O) groups is 2. The highest BCUT2D eigenvalue weighted by Gasteiger charge is 2.26. The van der Waals surface area contributed by atoms with Crippen molar-refractivity contribution in [3.8, 4) is 0 Å². The van der Waals surface area contributed by atoms with Crippen LogP contribution in [0, 0.1) is 0 Å². The number of hydrogen-bond acceptors (Lipinski definition) is 8. The molecule has 0 spiro atoms. The Morgan fingerprint density at radius 2 is 0.712 bits per heavy atom. The highest BCUT2D eigenvalue weighted by molar-refractivity contribution is 7.47. The molecule has 0 fully saturated rings. The Labute approximate surface area is 451 Å². The molecule has 0 aromatic heterocycles. The molecule has 0 rings (SSSR count). The monoisotopic (exact) mass is 1050 g/mol. The lowest BCUT2D eigenvalue weighted by molar-refractivity contribution is -0.161. The van der Waals surface area contributed by atoms with Gasteiger partial charge < -0.3 is 20.1 Å². The van der Waals surface area contributed by atoms with Gasteiger partial charge in [0.2, 0.25) is 0 Å². The molecule has 0 radical (unpaired) electrons. The van der Waals surface area contributed by atoms with Crippen molar-refractivity contribution in [2.24, 2.45) is 5.73 Å². The normalized spacial score (nSPS) is 13.3. The molecule has 0 aliphatic carbocycles. The summed E-state index contributed by atoms with van der Waals surface area (Å²) in [5.41, 5.74) is 5.39. The highest BCUT2D eigenvalue weighted by Crippen LogP contribution is 2.43. The van der Waals surface area contributed by atoms with E-state index in [0.29, 0.717) is 6.42 Å².